The van der Waals surface area contributed by atoms with E-state index in [9.17, 15) is 13.2 Å². The lowest BCUT2D eigenvalue weighted by Crippen LogP contribution is -2.46. The molecular formula is C28H38N4O3S. The fraction of sp³-hybridized carbons (Fsp3) is 0.536. The van der Waals surface area contributed by atoms with Crippen LogP contribution in [-0.4, -0.2) is 51.9 Å². The maximum Gasteiger partial charge on any atom is 0.243 e. The van der Waals surface area contributed by atoms with Crippen molar-refractivity contribution >= 4 is 27.3 Å². The summed E-state index contributed by atoms with van der Waals surface area (Å²) in [5.41, 5.74) is 3.54. The van der Waals surface area contributed by atoms with Crippen LogP contribution in [0.5, 0.6) is 0 Å². The molecule has 2 aliphatic carbocycles. The van der Waals surface area contributed by atoms with Gasteiger partial charge in [-0.3, -0.25) is 4.79 Å². The number of aryl methyl sites for hydroxylation is 1. The minimum Gasteiger partial charge on any atom is -0.368 e. The fourth-order valence-corrected chi connectivity index (χ4v) is 7.43. The molecule has 194 valence electrons. The fourth-order valence-electron chi connectivity index (χ4n) is 5.93. The number of benzene rings is 2. The van der Waals surface area contributed by atoms with Gasteiger partial charge in [-0.1, -0.05) is 44.0 Å². The normalized spacial score (nSPS) is 21.4. The van der Waals surface area contributed by atoms with Crippen molar-refractivity contribution in [3.05, 3.63) is 53.6 Å². The van der Waals surface area contributed by atoms with Crippen LogP contribution in [0.1, 0.15) is 62.6 Å². The Morgan fingerprint density at radius 3 is 2.47 bits per heavy atom. The third-order valence-corrected chi connectivity index (χ3v) is 9.57. The van der Waals surface area contributed by atoms with E-state index in [0.717, 1.165) is 83.2 Å². The molecule has 0 bridgehead atoms. The average Bonchev–Trinajstić information content (AvgIpc) is 3.44. The Bertz CT molecular complexity index is 1190. The zero-order chi connectivity index (χ0) is 25.1. The number of anilines is 2. The van der Waals surface area contributed by atoms with Crippen molar-refractivity contribution in [2.75, 3.05) is 42.9 Å². The van der Waals surface area contributed by atoms with Gasteiger partial charge < -0.3 is 15.1 Å². The van der Waals surface area contributed by atoms with E-state index in [4.69, 9.17) is 0 Å². The summed E-state index contributed by atoms with van der Waals surface area (Å²) in [7, 11) is -3.84. The molecule has 0 radical (unpaired) electrons. The molecule has 1 aliphatic heterocycles. The first-order valence-electron chi connectivity index (χ1n) is 13.5. The van der Waals surface area contributed by atoms with Crippen LogP contribution in [0.4, 0.5) is 11.4 Å². The molecule has 1 heterocycles. The predicted molar refractivity (Wildman–Crippen MR) is 144 cm³/mol. The average molecular weight is 511 g/mol. The molecule has 8 heteroatoms. The second kappa shape index (κ2) is 10.9. The van der Waals surface area contributed by atoms with Gasteiger partial charge in [0, 0.05) is 43.8 Å². The number of carbonyl (C=O) groups excluding carboxylic acids is 1. The number of nitrogens with one attached hydrogen (secondary N) is 2. The molecule has 5 rings (SSSR count). The number of nitrogens with zero attached hydrogens (tertiary/aromatic N) is 2. The van der Waals surface area contributed by atoms with Crippen molar-refractivity contribution in [1.82, 2.24) is 9.62 Å². The summed E-state index contributed by atoms with van der Waals surface area (Å²) in [6.07, 6.45) is 6.66. The smallest absolute Gasteiger partial charge is 0.243 e. The topological polar surface area (TPSA) is 81.8 Å². The van der Waals surface area contributed by atoms with Crippen LogP contribution < -0.4 is 14.9 Å². The number of hydrogen-bond acceptors (Lipinski definition) is 5. The summed E-state index contributed by atoms with van der Waals surface area (Å²) in [4.78, 5) is 17.6. The molecule has 0 aromatic heterocycles. The Morgan fingerprint density at radius 2 is 1.72 bits per heavy atom. The first-order chi connectivity index (χ1) is 17.4. The lowest BCUT2D eigenvalue weighted by molar-refractivity contribution is -0.119. The van der Waals surface area contributed by atoms with E-state index in [-0.39, 0.29) is 22.8 Å². The van der Waals surface area contributed by atoms with Crippen molar-refractivity contribution in [3.63, 3.8) is 0 Å². The number of sulfonamides is 1. The molecule has 1 saturated heterocycles. The zero-order valence-corrected chi connectivity index (χ0v) is 22.0. The van der Waals surface area contributed by atoms with Crippen molar-refractivity contribution in [2.24, 2.45) is 5.92 Å². The molecule has 2 aromatic rings. The summed E-state index contributed by atoms with van der Waals surface area (Å²) < 4.78 is 30.9. The van der Waals surface area contributed by atoms with Gasteiger partial charge in [-0.05, 0) is 68.0 Å². The highest BCUT2D eigenvalue weighted by Gasteiger charge is 2.30. The lowest BCUT2D eigenvalue weighted by atomic mass is 9.88. The third kappa shape index (κ3) is 5.45. The number of fused-ring (bicyclic) bond motifs is 1. The van der Waals surface area contributed by atoms with E-state index in [1.54, 1.807) is 6.07 Å². The highest BCUT2D eigenvalue weighted by atomic mass is 32.2. The van der Waals surface area contributed by atoms with Crippen LogP contribution >= 0.6 is 0 Å². The Hall–Kier alpha value is -2.42. The highest BCUT2D eigenvalue weighted by Crippen LogP contribution is 2.35. The van der Waals surface area contributed by atoms with E-state index in [2.05, 4.69) is 32.8 Å². The second-order valence-corrected chi connectivity index (χ2v) is 12.0. The van der Waals surface area contributed by atoms with Gasteiger partial charge in [0.25, 0.3) is 0 Å². The van der Waals surface area contributed by atoms with Crippen molar-refractivity contribution < 1.29 is 13.2 Å². The molecule has 1 amide bonds. The van der Waals surface area contributed by atoms with E-state index < -0.39 is 10.0 Å². The SMILES string of the molecule is CCN1CCN(c2ccc(NC(=O)C3CCCC3)cc2S(=O)(=O)NC2CCCc3ccccc32)CC1. The van der Waals surface area contributed by atoms with Crippen LogP contribution in [-0.2, 0) is 21.2 Å². The first-order valence-corrected chi connectivity index (χ1v) is 15.0. The van der Waals surface area contributed by atoms with Crippen LogP contribution in [0.2, 0.25) is 0 Å². The summed E-state index contributed by atoms with van der Waals surface area (Å²) >= 11 is 0. The molecule has 7 nitrogen and oxygen atoms in total. The summed E-state index contributed by atoms with van der Waals surface area (Å²) in [6, 6.07) is 13.2. The largest absolute Gasteiger partial charge is 0.368 e. The van der Waals surface area contributed by atoms with Gasteiger partial charge in [-0.15, -0.1) is 0 Å². The number of hydrogen-bond donors (Lipinski definition) is 2. The van der Waals surface area contributed by atoms with Gasteiger partial charge in [0.1, 0.15) is 4.90 Å². The lowest BCUT2D eigenvalue weighted by Gasteiger charge is -2.36. The second-order valence-electron chi connectivity index (χ2n) is 10.3. The quantitative estimate of drug-likeness (QED) is 0.580. The minimum atomic E-state index is -3.84. The van der Waals surface area contributed by atoms with Gasteiger partial charge in [0.15, 0.2) is 0 Å². The number of amides is 1. The van der Waals surface area contributed by atoms with Crippen LogP contribution in [0.25, 0.3) is 0 Å². The maximum atomic E-state index is 13.9. The van der Waals surface area contributed by atoms with Gasteiger partial charge in [0.2, 0.25) is 15.9 Å². The minimum absolute atomic E-state index is 0.00525. The Kier molecular flexibility index (Phi) is 7.65. The van der Waals surface area contributed by atoms with E-state index >= 15 is 0 Å². The predicted octanol–water partition coefficient (Wildman–Crippen LogP) is 4.31. The highest BCUT2D eigenvalue weighted by molar-refractivity contribution is 7.89. The molecular weight excluding hydrogens is 472 g/mol. The molecule has 36 heavy (non-hydrogen) atoms. The Balaban J connectivity index is 1.45. The van der Waals surface area contributed by atoms with E-state index in [1.807, 2.05) is 30.3 Å². The maximum absolute atomic E-state index is 13.9. The Labute approximate surface area is 215 Å². The van der Waals surface area contributed by atoms with Crippen molar-refractivity contribution in [1.29, 1.82) is 0 Å². The molecule has 1 unspecified atom stereocenters. The van der Waals surface area contributed by atoms with Gasteiger partial charge in [0.05, 0.1) is 5.69 Å². The standard InChI is InChI=1S/C28H38N4O3S/c1-2-31-16-18-32(19-17-31)26-15-14-23(29-28(33)22-9-3-4-10-22)20-27(26)36(34,35)30-25-13-7-11-21-8-5-6-12-24(21)25/h5-6,8,12,14-15,20,22,25,30H,2-4,7,9-11,13,16-19H2,1H3,(H,29,33). The van der Waals surface area contributed by atoms with Crippen molar-refractivity contribution in [2.45, 2.75) is 62.8 Å². The summed E-state index contributed by atoms with van der Waals surface area (Å²) in [5, 5.41) is 3.00. The molecule has 3 aliphatic rings. The van der Waals surface area contributed by atoms with Gasteiger partial charge in [-0.2, -0.15) is 0 Å². The third-order valence-electron chi connectivity index (χ3n) is 8.07. The number of rotatable bonds is 7. The van der Waals surface area contributed by atoms with Crippen LogP contribution in [0.15, 0.2) is 47.4 Å². The van der Waals surface area contributed by atoms with E-state index in [0.29, 0.717) is 11.4 Å². The first kappa shape index (κ1) is 25.2. The van der Waals surface area contributed by atoms with Gasteiger partial charge >= 0.3 is 0 Å². The Morgan fingerprint density at radius 1 is 0.972 bits per heavy atom. The zero-order valence-electron chi connectivity index (χ0n) is 21.2. The molecule has 0 spiro atoms. The number of carbonyl (C=O) groups is 1. The summed E-state index contributed by atoms with van der Waals surface area (Å²) in [5.74, 6) is 0.0121. The van der Waals surface area contributed by atoms with Crippen LogP contribution in [0, 0.1) is 5.92 Å². The summed E-state index contributed by atoms with van der Waals surface area (Å²) in [6.45, 7) is 6.50. The van der Waals surface area contributed by atoms with Crippen molar-refractivity contribution in [3.8, 4) is 0 Å². The molecule has 2 N–H and O–H groups in total. The molecule has 1 atom stereocenters. The number of likely N-dealkylation sites (N-methyl/N-ethyl adjacent to an activating group) is 1. The molecule has 1 saturated carbocycles. The van der Waals surface area contributed by atoms with Crippen LogP contribution in [0.3, 0.4) is 0 Å². The molecule has 2 fully saturated rings. The monoisotopic (exact) mass is 510 g/mol. The molecule has 2 aromatic carbocycles. The van der Waals surface area contributed by atoms with Gasteiger partial charge in [-0.25, -0.2) is 13.1 Å². The number of piperazine rings is 1. The van der Waals surface area contributed by atoms with E-state index in [1.165, 1.54) is 5.56 Å².